The Balaban J connectivity index is 1.92. The number of hydrogen-bond acceptors (Lipinski definition) is 3. The third-order valence-electron chi connectivity index (χ3n) is 4.35. The van der Waals surface area contributed by atoms with Gasteiger partial charge in [0.2, 0.25) is 5.91 Å². The van der Waals surface area contributed by atoms with E-state index in [1.165, 1.54) is 6.42 Å². The smallest absolute Gasteiger partial charge is 0.227 e. The van der Waals surface area contributed by atoms with Crippen molar-refractivity contribution in [2.75, 3.05) is 19.8 Å². The van der Waals surface area contributed by atoms with Crippen molar-refractivity contribution in [3.8, 4) is 0 Å². The number of nitrogens with one attached hydrogen (secondary N) is 1. The molecule has 2 aliphatic rings. The lowest BCUT2D eigenvalue weighted by molar-refractivity contribution is -0.136. The Morgan fingerprint density at radius 3 is 2.65 bits per heavy atom. The molecule has 4 nitrogen and oxygen atoms in total. The molecule has 0 radical (unpaired) electrons. The number of ether oxygens (including phenoxy) is 1. The van der Waals surface area contributed by atoms with Gasteiger partial charge in [-0.25, -0.2) is 0 Å². The molecule has 2 rings (SSSR count). The van der Waals surface area contributed by atoms with E-state index in [2.05, 4.69) is 12.2 Å². The molecular weight excluding hydrogens is 216 g/mol. The Kier molecular flexibility index (Phi) is 4.05. The molecule has 1 saturated heterocycles. The number of carbonyl (C=O) groups is 1. The quantitative estimate of drug-likeness (QED) is 0.775. The van der Waals surface area contributed by atoms with Crippen molar-refractivity contribution < 1.29 is 9.53 Å². The molecule has 1 saturated carbocycles. The highest BCUT2D eigenvalue weighted by Gasteiger charge is 2.40. The second kappa shape index (κ2) is 5.36. The van der Waals surface area contributed by atoms with Crippen LogP contribution in [0.4, 0.5) is 0 Å². The summed E-state index contributed by atoms with van der Waals surface area (Å²) in [7, 11) is 0. The van der Waals surface area contributed by atoms with E-state index in [0.717, 1.165) is 31.6 Å². The lowest BCUT2D eigenvalue weighted by atomic mass is 9.79. The van der Waals surface area contributed by atoms with E-state index in [4.69, 9.17) is 10.5 Å². The molecule has 4 heteroatoms. The summed E-state index contributed by atoms with van der Waals surface area (Å²) in [5.41, 5.74) is 5.45. The van der Waals surface area contributed by atoms with Gasteiger partial charge in [0.15, 0.2) is 0 Å². The average molecular weight is 240 g/mol. The van der Waals surface area contributed by atoms with Crippen LogP contribution in [0.25, 0.3) is 0 Å². The fraction of sp³-hybridized carbons (Fsp3) is 0.923. The van der Waals surface area contributed by atoms with Crippen LogP contribution in [0.15, 0.2) is 0 Å². The molecule has 98 valence electrons. The molecule has 17 heavy (non-hydrogen) atoms. The van der Waals surface area contributed by atoms with Crippen LogP contribution in [0.2, 0.25) is 0 Å². The van der Waals surface area contributed by atoms with Gasteiger partial charge in [0.05, 0.1) is 5.41 Å². The van der Waals surface area contributed by atoms with Crippen molar-refractivity contribution in [1.29, 1.82) is 0 Å². The number of amides is 1. The Morgan fingerprint density at radius 2 is 2.12 bits per heavy atom. The first-order chi connectivity index (χ1) is 8.16. The van der Waals surface area contributed by atoms with Crippen LogP contribution >= 0.6 is 0 Å². The van der Waals surface area contributed by atoms with Crippen molar-refractivity contribution in [2.45, 2.75) is 45.1 Å². The van der Waals surface area contributed by atoms with Crippen LogP contribution in [0, 0.1) is 11.3 Å². The van der Waals surface area contributed by atoms with E-state index < -0.39 is 0 Å². The van der Waals surface area contributed by atoms with E-state index in [1.54, 1.807) is 0 Å². The molecule has 1 aliphatic heterocycles. The minimum atomic E-state index is -0.371. The van der Waals surface area contributed by atoms with Gasteiger partial charge in [0.1, 0.15) is 0 Å². The Labute approximate surface area is 103 Å². The molecule has 1 amide bonds. The second-order valence-electron chi connectivity index (χ2n) is 5.69. The molecule has 0 aromatic rings. The molecule has 0 bridgehead atoms. The first-order valence-electron chi connectivity index (χ1n) is 6.75. The maximum Gasteiger partial charge on any atom is 0.227 e. The minimum Gasteiger partial charge on any atom is -0.381 e. The fourth-order valence-corrected chi connectivity index (χ4v) is 2.96. The monoisotopic (exact) mass is 240 g/mol. The van der Waals surface area contributed by atoms with Crippen LogP contribution < -0.4 is 11.1 Å². The van der Waals surface area contributed by atoms with Gasteiger partial charge in [-0.3, -0.25) is 4.79 Å². The van der Waals surface area contributed by atoms with Crippen molar-refractivity contribution >= 4 is 5.91 Å². The largest absolute Gasteiger partial charge is 0.381 e. The van der Waals surface area contributed by atoms with Crippen LogP contribution in [0.5, 0.6) is 0 Å². The predicted octanol–water partition coefficient (Wildman–Crippen LogP) is 1.05. The molecule has 2 unspecified atom stereocenters. The zero-order chi connectivity index (χ0) is 12.3. The molecule has 0 aromatic carbocycles. The molecule has 1 aliphatic carbocycles. The fourth-order valence-electron chi connectivity index (χ4n) is 2.96. The predicted molar refractivity (Wildman–Crippen MR) is 66.5 cm³/mol. The van der Waals surface area contributed by atoms with Crippen molar-refractivity contribution in [3.05, 3.63) is 0 Å². The van der Waals surface area contributed by atoms with Gasteiger partial charge in [-0.15, -0.1) is 0 Å². The van der Waals surface area contributed by atoms with Gasteiger partial charge in [-0.2, -0.15) is 0 Å². The van der Waals surface area contributed by atoms with Crippen LogP contribution in [-0.4, -0.2) is 31.7 Å². The van der Waals surface area contributed by atoms with Gasteiger partial charge in [-0.1, -0.05) is 6.92 Å². The highest BCUT2D eigenvalue weighted by Crippen LogP contribution is 2.31. The minimum absolute atomic E-state index is 0.155. The van der Waals surface area contributed by atoms with E-state index >= 15 is 0 Å². The van der Waals surface area contributed by atoms with Crippen molar-refractivity contribution in [3.63, 3.8) is 0 Å². The maximum absolute atomic E-state index is 12.4. The molecule has 2 atom stereocenters. The third kappa shape index (κ3) is 2.80. The summed E-state index contributed by atoms with van der Waals surface area (Å²) in [6, 6.07) is 0.365. The van der Waals surface area contributed by atoms with Gasteiger partial charge in [0.25, 0.3) is 0 Å². The molecule has 0 spiro atoms. The lowest BCUT2D eigenvalue weighted by Crippen LogP contribution is -2.51. The summed E-state index contributed by atoms with van der Waals surface area (Å²) in [4.78, 5) is 12.4. The lowest BCUT2D eigenvalue weighted by Gasteiger charge is -2.35. The zero-order valence-corrected chi connectivity index (χ0v) is 10.7. The van der Waals surface area contributed by atoms with Crippen LogP contribution in [0.3, 0.4) is 0 Å². The third-order valence-corrected chi connectivity index (χ3v) is 4.35. The van der Waals surface area contributed by atoms with E-state index in [1.807, 2.05) is 0 Å². The number of rotatable bonds is 3. The first kappa shape index (κ1) is 12.8. The number of hydrogen-bond donors (Lipinski definition) is 2. The van der Waals surface area contributed by atoms with E-state index in [0.29, 0.717) is 25.8 Å². The topological polar surface area (TPSA) is 64.4 Å². The summed E-state index contributed by atoms with van der Waals surface area (Å²) in [6.45, 7) is 4.00. The molecule has 3 N–H and O–H groups in total. The summed E-state index contributed by atoms with van der Waals surface area (Å²) in [5, 5.41) is 3.20. The van der Waals surface area contributed by atoms with Crippen LogP contribution in [-0.2, 0) is 9.53 Å². The summed E-state index contributed by atoms with van der Waals surface area (Å²) < 4.78 is 5.33. The number of nitrogens with two attached hydrogens (primary N) is 1. The van der Waals surface area contributed by atoms with Gasteiger partial charge in [-0.05, 0) is 38.0 Å². The van der Waals surface area contributed by atoms with Crippen LogP contribution in [0.1, 0.15) is 39.0 Å². The van der Waals surface area contributed by atoms with Gasteiger partial charge in [0, 0.05) is 25.8 Å². The highest BCUT2D eigenvalue weighted by atomic mass is 16.5. The molecule has 1 heterocycles. The molecule has 2 fully saturated rings. The summed E-state index contributed by atoms with van der Waals surface area (Å²) in [5.74, 6) is 0.895. The Bertz CT molecular complexity index is 275. The normalized spacial score (nSPS) is 32.4. The van der Waals surface area contributed by atoms with Crippen molar-refractivity contribution in [1.82, 2.24) is 5.32 Å². The van der Waals surface area contributed by atoms with E-state index in [9.17, 15) is 4.79 Å². The highest BCUT2D eigenvalue weighted by molar-refractivity contribution is 5.83. The molecular formula is C13H24N2O2. The van der Waals surface area contributed by atoms with Crippen molar-refractivity contribution in [2.24, 2.45) is 17.1 Å². The second-order valence-corrected chi connectivity index (χ2v) is 5.69. The average Bonchev–Trinajstić information content (AvgIpc) is 2.75. The standard InChI is InChI=1S/C13H24N2O2/c1-10-2-3-11(8-10)15-12(16)13(9-14)4-6-17-7-5-13/h10-11H,2-9,14H2,1H3,(H,15,16). The van der Waals surface area contributed by atoms with Gasteiger partial charge < -0.3 is 15.8 Å². The van der Waals surface area contributed by atoms with Gasteiger partial charge >= 0.3 is 0 Å². The maximum atomic E-state index is 12.4. The Hall–Kier alpha value is -0.610. The summed E-state index contributed by atoms with van der Waals surface area (Å²) >= 11 is 0. The first-order valence-corrected chi connectivity index (χ1v) is 6.75. The number of carbonyl (C=O) groups excluding carboxylic acids is 1. The summed E-state index contributed by atoms with van der Waals surface area (Å²) in [6.07, 6.45) is 4.98. The zero-order valence-electron chi connectivity index (χ0n) is 10.7. The van der Waals surface area contributed by atoms with E-state index in [-0.39, 0.29) is 11.3 Å². The molecule has 0 aromatic heterocycles. The SMILES string of the molecule is CC1CCC(NC(=O)C2(CN)CCOCC2)C1. The Morgan fingerprint density at radius 1 is 1.41 bits per heavy atom.